The molecule has 0 radical (unpaired) electrons. The Morgan fingerprint density at radius 3 is 2.64 bits per heavy atom. The van der Waals surface area contributed by atoms with Crippen LogP contribution in [0, 0.1) is 13.8 Å². The maximum Gasteiger partial charge on any atom is 0.110 e. The van der Waals surface area contributed by atoms with Crippen LogP contribution in [-0.2, 0) is 0 Å². The van der Waals surface area contributed by atoms with Crippen molar-refractivity contribution >= 4 is 6.21 Å². The maximum atomic E-state index is 4.15. The summed E-state index contributed by atoms with van der Waals surface area (Å²) in [5.41, 5.74) is 4.11. The van der Waals surface area contributed by atoms with Gasteiger partial charge >= 0.3 is 0 Å². The van der Waals surface area contributed by atoms with E-state index in [0.717, 1.165) is 0 Å². The zero-order valence-electron chi connectivity index (χ0n) is 6.83. The fourth-order valence-electron chi connectivity index (χ4n) is 1.30. The predicted octanol–water partition coefficient (Wildman–Crippen LogP) is 2.43. The summed E-state index contributed by atoms with van der Waals surface area (Å²) in [4.78, 5) is 4.15. The molecule has 0 bridgehead atoms. The summed E-state index contributed by atoms with van der Waals surface area (Å²) in [5.74, 6) is 0. The Balaban J connectivity index is 2.46. The molecule has 0 aliphatic carbocycles. The van der Waals surface area contributed by atoms with Crippen LogP contribution in [0.2, 0.25) is 0 Å². The summed E-state index contributed by atoms with van der Waals surface area (Å²) >= 11 is 0. The Morgan fingerprint density at radius 2 is 2.00 bits per heavy atom. The van der Waals surface area contributed by atoms with Crippen molar-refractivity contribution in [2.45, 2.75) is 19.9 Å². The van der Waals surface area contributed by atoms with Gasteiger partial charge in [0.1, 0.15) is 6.04 Å². The van der Waals surface area contributed by atoms with E-state index >= 15 is 0 Å². The Bertz CT molecular complexity index is 307. The molecule has 0 spiro atoms. The van der Waals surface area contributed by atoms with E-state index < -0.39 is 0 Å². The smallest absolute Gasteiger partial charge is 0.110 e. The molecule has 1 unspecified atom stereocenters. The van der Waals surface area contributed by atoms with Crippen LogP contribution in [0.15, 0.2) is 23.2 Å². The molecule has 1 aromatic rings. The van der Waals surface area contributed by atoms with Crippen LogP contribution >= 0.6 is 0 Å². The van der Waals surface area contributed by atoms with Gasteiger partial charge in [-0.05, 0) is 30.5 Å². The molecule has 0 N–H and O–H groups in total. The van der Waals surface area contributed by atoms with E-state index in [4.69, 9.17) is 0 Å². The summed E-state index contributed by atoms with van der Waals surface area (Å²) in [6, 6.07) is 6.79. The third-order valence-electron chi connectivity index (χ3n) is 2.26. The number of benzene rings is 1. The van der Waals surface area contributed by atoms with E-state index in [0.29, 0.717) is 6.04 Å². The average molecular weight is 145 g/mol. The average Bonchev–Trinajstić information content (AvgIpc) is 2.77. The summed E-state index contributed by atoms with van der Waals surface area (Å²) < 4.78 is 0. The topological polar surface area (TPSA) is 12.4 Å². The van der Waals surface area contributed by atoms with Crippen molar-refractivity contribution in [3.05, 3.63) is 34.9 Å². The van der Waals surface area contributed by atoms with Crippen LogP contribution in [0.1, 0.15) is 22.7 Å². The van der Waals surface area contributed by atoms with Crippen LogP contribution in [0.25, 0.3) is 0 Å². The van der Waals surface area contributed by atoms with Gasteiger partial charge in [0.15, 0.2) is 0 Å². The number of nitrogens with zero attached hydrogens (tertiary/aromatic N) is 1. The highest BCUT2D eigenvalue weighted by atomic mass is 14.9. The lowest BCUT2D eigenvalue weighted by Crippen LogP contribution is -1.90. The Kier molecular flexibility index (Phi) is 1.31. The molecule has 0 amide bonds. The molecule has 0 saturated heterocycles. The largest absolute Gasteiger partial charge is 0.281 e. The Labute approximate surface area is 66.8 Å². The van der Waals surface area contributed by atoms with E-state index in [-0.39, 0.29) is 0 Å². The first-order valence-corrected chi connectivity index (χ1v) is 3.88. The first kappa shape index (κ1) is 6.59. The molecule has 56 valence electrons. The first-order chi connectivity index (χ1) is 5.29. The molecule has 1 heterocycles. The Hall–Kier alpha value is -1.11. The van der Waals surface area contributed by atoms with Crippen LogP contribution in [0.4, 0.5) is 0 Å². The molecular weight excluding hydrogens is 134 g/mol. The SMILES string of the molecule is Cc1cccc(C2C=N2)c1C. The highest BCUT2D eigenvalue weighted by Gasteiger charge is 2.17. The van der Waals surface area contributed by atoms with Gasteiger partial charge in [0.25, 0.3) is 0 Å². The minimum absolute atomic E-state index is 0.398. The molecule has 1 aromatic carbocycles. The van der Waals surface area contributed by atoms with Gasteiger partial charge in [0.2, 0.25) is 0 Å². The second-order valence-electron chi connectivity index (χ2n) is 3.03. The summed E-state index contributed by atoms with van der Waals surface area (Å²) in [6.07, 6.45) is 1.99. The van der Waals surface area contributed by atoms with Crippen LogP contribution < -0.4 is 0 Å². The van der Waals surface area contributed by atoms with Crippen molar-refractivity contribution in [1.29, 1.82) is 0 Å². The molecular formula is C10H11N. The third kappa shape index (κ3) is 1.07. The number of aryl methyl sites for hydroxylation is 1. The molecule has 1 aliphatic rings. The molecule has 0 fully saturated rings. The van der Waals surface area contributed by atoms with Gasteiger partial charge in [0.05, 0.1) is 0 Å². The van der Waals surface area contributed by atoms with Crippen molar-refractivity contribution < 1.29 is 0 Å². The minimum atomic E-state index is 0.398. The van der Waals surface area contributed by atoms with Gasteiger partial charge in [0, 0.05) is 6.21 Å². The zero-order valence-corrected chi connectivity index (χ0v) is 6.83. The summed E-state index contributed by atoms with van der Waals surface area (Å²) in [5, 5.41) is 0. The van der Waals surface area contributed by atoms with Crippen LogP contribution in [0.5, 0.6) is 0 Å². The first-order valence-electron chi connectivity index (χ1n) is 3.88. The van der Waals surface area contributed by atoms with E-state index in [1.807, 2.05) is 6.21 Å². The zero-order chi connectivity index (χ0) is 7.84. The fraction of sp³-hybridized carbons (Fsp3) is 0.300. The van der Waals surface area contributed by atoms with Gasteiger partial charge in [-0.1, -0.05) is 18.2 Å². The number of aliphatic imine (C=N–C) groups is 1. The van der Waals surface area contributed by atoms with Gasteiger partial charge < -0.3 is 0 Å². The lowest BCUT2D eigenvalue weighted by Gasteiger charge is -2.04. The molecule has 1 atom stereocenters. The second-order valence-corrected chi connectivity index (χ2v) is 3.03. The lowest BCUT2D eigenvalue weighted by atomic mass is 10.0. The normalized spacial score (nSPS) is 20.4. The quantitative estimate of drug-likeness (QED) is 0.575. The van der Waals surface area contributed by atoms with Gasteiger partial charge in [-0.2, -0.15) is 0 Å². The predicted molar refractivity (Wildman–Crippen MR) is 47.1 cm³/mol. The summed E-state index contributed by atoms with van der Waals surface area (Å²) in [6.45, 7) is 4.30. The molecule has 0 saturated carbocycles. The van der Waals surface area contributed by atoms with E-state index in [2.05, 4.69) is 37.0 Å². The molecule has 1 nitrogen and oxygen atoms in total. The monoisotopic (exact) mass is 145 g/mol. The van der Waals surface area contributed by atoms with Gasteiger partial charge in [-0.15, -0.1) is 0 Å². The molecule has 1 aliphatic heterocycles. The second kappa shape index (κ2) is 2.19. The maximum absolute atomic E-state index is 4.15. The van der Waals surface area contributed by atoms with Gasteiger partial charge in [-0.3, -0.25) is 4.99 Å². The molecule has 2 rings (SSSR count). The Morgan fingerprint density at radius 1 is 1.27 bits per heavy atom. The van der Waals surface area contributed by atoms with Crippen molar-refractivity contribution in [2.24, 2.45) is 4.99 Å². The standard InChI is InChI=1S/C10H11N/c1-7-4-3-5-9(8(7)2)10-6-11-10/h3-6,10H,1-2H3. The van der Waals surface area contributed by atoms with Crippen LogP contribution in [0.3, 0.4) is 0 Å². The highest BCUT2D eigenvalue weighted by Crippen LogP contribution is 2.28. The van der Waals surface area contributed by atoms with Crippen molar-refractivity contribution in [2.75, 3.05) is 0 Å². The van der Waals surface area contributed by atoms with Gasteiger partial charge in [-0.25, -0.2) is 0 Å². The van der Waals surface area contributed by atoms with Crippen molar-refractivity contribution in [3.63, 3.8) is 0 Å². The van der Waals surface area contributed by atoms with Crippen LogP contribution in [-0.4, -0.2) is 6.21 Å². The summed E-state index contributed by atoms with van der Waals surface area (Å²) in [7, 11) is 0. The van der Waals surface area contributed by atoms with Crippen molar-refractivity contribution in [1.82, 2.24) is 0 Å². The van der Waals surface area contributed by atoms with E-state index in [1.165, 1.54) is 16.7 Å². The number of hydrogen-bond donors (Lipinski definition) is 0. The van der Waals surface area contributed by atoms with E-state index in [9.17, 15) is 0 Å². The number of hydrogen-bond acceptors (Lipinski definition) is 1. The van der Waals surface area contributed by atoms with Crippen molar-refractivity contribution in [3.8, 4) is 0 Å². The third-order valence-corrected chi connectivity index (χ3v) is 2.26. The molecule has 11 heavy (non-hydrogen) atoms. The number of rotatable bonds is 1. The minimum Gasteiger partial charge on any atom is -0.281 e. The molecule has 1 heteroatoms. The van der Waals surface area contributed by atoms with E-state index in [1.54, 1.807) is 0 Å². The highest BCUT2D eigenvalue weighted by molar-refractivity contribution is 5.80. The lowest BCUT2D eigenvalue weighted by molar-refractivity contribution is 1.09. The molecule has 0 aromatic heterocycles. The fourth-order valence-corrected chi connectivity index (χ4v) is 1.30.